The number of likely N-dealkylation sites (tertiary alicyclic amines) is 2. The Kier molecular flexibility index (Phi) is 5.58. The molecule has 4 rings (SSSR count). The zero-order chi connectivity index (χ0) is 18.6. The Bertz CT molecular complexity index is 749. The number of nitrogens with zero attached hydrogens (tertiary/aromatic N) is 3. The molecule has 1 aromatic heterocycles. The van der Waals surface area contributed by atoms with Gasteiger partial charge in [0.05, 0.1) is 0 Å². The summed E-state index contributed by atoms with van der Waals surface area (Å²) in [6, 6.07) is 12.6. The SMILES string of the molecule is Cc1cc(C(=O)N2CCC(C3CCN(CCc4ccccc4)CC3)C2)n[nH]1. The molecule has 0 aliphatic carbocycles. The van der Waals surface area contributed by atoms with E-state index in [1.54, 1.807) is 0 Å². The predicted molar refractivity (Wildman–Crippen MR) is 107 cm³/mol. The number of aromatic amines is 1. The van der Waals surface area contributed by atoms with E-state index in [0.717, 1.165) is 44.1 Å². The lowest BCUT2D eigenvalue weighted by Crippen LogP contribution is -2.38. The number of piperidine rings is 1. The first-order valence-corrected chi connectivity index (χ1v) is 10.3. The van der Waals surface area contributed by atoms with Crippen molar-refractivity contribution in [3.63, 3.8) is 0 Å². The molecule has 1 N–H and O–H groups in total. The summed E-state index contributed by atoms with van der Waals surface area (Å²) >= 11 is 0. The monoisotopic (exact) mass is 366 g/mol. The molecule has 0 saturated carbocycles. The van der Waals surface area contributed by atoms with Crippen LogP contribution in [0.5, 0.6) is 0 Å². The van der Waals surface area contributed by atoms with Crippen molar-refractivity contribution >= 4 is 5.91 Å². The van der Waals surface area contributed by atoms with Crippen LogP contribution in [-0.2, 0) is 6.42 Å². The highest BCUT2D eigenvalue weighted by atomic mass is 16.2. The highest BCUT2D eigenvalue weighted by molar-refractivity contribution is 5.92. The molecule has 144 valence electrons. The van der Waals surface area contributed by atoms with E-state index >= 15 is 0 Å². The number of hydrogen-bond acceptors (Lipinski definition) is 3. The second-order valence-electron chi connectivity index (χ2n) is 8.15. The van der Waals surface area contributed by atoms with Crippen molar-refractivity contribution in [2.75, 3.05) is 32.7 Å². The minimum Gasteiger partial charge on any atom is -0.337 e. The molecule has 0 bridgehead atoms. The standard InChI is InChI=1S/C22H30N4O/c1-17-15-21(24-23-17)22(27)26-14-10-20(16-26)19-8-12-25(13-9-19)11-7-18-5-3-2-4-6-18/h2-6,15,19-20H,7-14,16H2,1H3,(H,23,24). The number of hydrogen-bond donors (Lipinski definition) is 1. The summed E-state index contributed by atoms with van der Waals surface area (Å²) in [6.07, 6.45) is 4.82. The van der Waals surface area contributed by atoms with Crippen LogP contribution >= 0.6 is 0 Å². The molecule has 1 atom stereocenters. The molecule has 3 heterocycles. The van der Waals surface area contributed by atoms with Crippen LogP contribution in [0.1, 0.15) is 41.0 Å². The molecule has 0 spiro atoms. The summed E-state index contributed by atoms with van der Waals surface area (Å²) in [5, 5.41) is 7.00. The lowest BCUT2D eigenvalue weighted by atomic mass is 9.83. The maximum Gasteiger partial charge on any atom is 0.274 e. The molecule has 5 nitrogen and oxygen atoms in total. The van der Waals surface area contributed by atoms with Gasteiger partial charge in [-0.05, 0) is 69.2 Å². The van der Waals surface area contributed by atoms with E-state index in [9.17, 15) is 4.79 Å². The number of carbonyl (C=O) groups excluding carboxylic acids is 1. The molecular weight excluding hydrogens is 336 g/mol. The number of aromatic nitrogens is 2. The zero-order valence-electron chi connectivity index (χ0n) is 16.2. The van der Waals surface area contributed by atoms with Crippen LogP contribution in [0.2, 0.25) is 0 Å². The highest BCUT2D eigenvalue weighted by Gasteiger charge is 2.34. The first-order chi connectivity index (χ1) is 13.2. The van der Waals surface area contributed by atoms with Crippen molar-refractivity contribution < 1.29 is 4.79 Å². The lowest BCUT2D eigenvalue weighted by molar-refractivity contribution is 0.0768. The van der Waals surface area contributed by atoms with Crippen LogP contribution in [0.3, 0.4) is 0 Å². The van der Waals surface area contributed by atoms with E-state index in [1.807, 2.05) is 17.9 Å². The molecule has 1 aromatic carbocycles. The summed E-state index contributed by atoms with van der Waals surface area (Å²) in [6.45, 7) is 7.26. The minimum absolute atomic E-state index is 0.0853. The van der Waals surface area contributed by atoms with E-state index in [4.69, 9.17) is 0 Å². The van der Waals surface area contributed by atoms with Gasteiger partial charge < -0.3 is 9.80 Å². The third kappa shape index (κ3) is 4.41. The van der Waals surface area contributed by atoms with Crippen molar-refractivity contribution in [1.82, 2.24) is 20.0 Å². The number of H-pyrrole nitrogens is 1. The summed E-state index contributed by atoms with van der Waals surface area (Å²) < 4.78 is 0. The maximum absolute atomic E-state index is 12.6. The molecule has 2 aliphatic rings. The maximum atomic E-state index is 12.6. The van der Waals surface area contributed by atoms with E-state index in [1.165, 1.54) is 31.5 Å². The van der Waals surface area contributed by atoms with Crippen LogP contribution in [0.25, 0.3) is 0 Å². The van der Waals surface area contributed by atoms with Gasteiger partial charge in [-0.15, -0.1) is 0 Å². The minimum atomic E-state index is 0.0853. The van der Waals surface area contributed by atoms with Crippen LogP contribution in [0.15, 0.2) is 36.4 Å². The van der Waals surface area contributed by atoms with Gasteiger partial charge in [-0.2, -0.15) is 5.10 Å². The molecule has 2 fully saturated rings. The number of amides is 1. The van der Waals surface area contributed by atoms with E-state index < -0.39 is 0 Å². The Labute approximate surface area is 161 Å². The molecule has 1 unspecified atom stereocenters. The Balaban J connectivity index is 1.22. The number of rotatable bonds is 5. The largest absolute Gasteiger partial charge is 0.337 e. The van der Waals surface area contributed by atoms with E-state index in [2.05, 4.69) is 45.4 Å². The smallest absolute Gasteiger partial charge is 0.274 e. The number of nitrogens with one attached hydrogen (secondary N) is 1. The van der Waals surface area contributed by atoms with Gasteiger partial charge in [0.2, 0.25) is 0 Å². The summed E-state index contributed by atoms with van der Waals surface area (Å²) in [5.41, 5.74) is 2.93. The van der Waals surface area contributed by atoms with Crippen molar-refractivity contribution in [3.05, 3.63) is 53.3 Å². The fourth-order valence-electron chi connectivity index (χ4n) is 4.63. The van der Waals surface area contributed by atoms with Gasteiger partial charge in [-0.25, -0.2) is 0 Å². The van der Waals surface area contributed by atoms with Gasteiger partial charge in [0.25, 0.3) is 5.91 Å². The molecule has 2 saturated heterocycles. The Morgan fingerprint density at radius 2 is 1.85 bits per heavy atom. The van der Waals surface area contributed by atoms with Crippen molar-refractivity contribution in [1.29, 1.82) is 0 Å². The van der Waals surface area contributed by atoms with Crippen molar-refractivity contribution in [2.24, 2.45) is 11.8 Å². The quantitative estimate of drug-likeness (QED) is 0.884. The molecule has 0 radical (unpaired) electrons. The fraction of sp³-hybridized carbons (Fsp3) is 0.545. The van der Waals surface area contributed by atoms with Crippen molar-refractivity contribution in [2.45, 2.75) is 32.6 Å². The number of carbonyl (C=O) groups is 1. The Hall–Kier alpha value is -2.14. The third-order valence-electron chi connectivity index (χ3n) is 6.30. The van der Waals surface area contributed by atoms with Crippen LogP contribution in [0.4, 0.5) is 0 Å². The van der Waals surface area contributed by atoms with Crippen molar-refractivity contribution in [3.8, 4) is 0 Å². The van der Waals surface area contributed by atoms with Crippen LogP contribution in [0, 0.1) is 18.8 Å². The first-order valence-electron chi connectivity index (χ1n) is 10.3. The van der Waals surface area contributed by atoms with Gasteiger partial charge in [0, 0.05) is 25.3 Å². The number of benzene rings is 1. The first kappa shape index (κ1) is 18.2. The molecule has 2 aliphatic heterocycles. The summed E-state index contributed by atoms with van der Waals surface area (Å²) in [4.78, 5) is 17.2. The predicted octanol–water partition coefficient (Wildman–Crippen LogP) is 3.13. The molecule has 27 heavy (non-hydrogen) atoms. The molecule has 5 heteroatoms. The van der Waals surface area contributed by atoms with Gasteiger partial charge in [0.1, 0.15) is 5.69 Å². The third-order valence-corrected chi connectivity index (χ3v) is 6.30. The van der Waals surface area contributed by atoms with Gasteiger partial charge in [0.15, 0.2) is 0 Å². The van der Waals surface area contributed by atoms with Gasteiger partial charge >= 0.3 is 0 Å². The second kappa shape index (κ2) is 8.26. The van der Waals surface area contributed by atoms with Crippen LogP contribution < -0.4 is 0 Å². The fourth-order valence-corrected chi connectivity index (χ4v) is 4.63. The van der Waals surface area contributed by atoms with Crippen LogP contribution in [-0.4, -0.2) is 58.6 Å². The highest BCUT2D eigenvalue weighted by Crippen LogP contribution is 2.32. The van der Waals surface area contributed by atoms with E-state index in [0.29, 0.717) is 11.6 Å². The molecule has 2 aromatic rings. The normalized spacial score (nSPS) is 21.7. The topological polar surface area (TPSA) is 52.2 Å². The molecular formula is C22H30N4O. The Morgan fingerprint density at radius 1 is 1.11 bits per heavy atom. The zero-order valence-corrected chi connectivity index (χ0v) is 16.2. The van der Waals surface area contributed by atoms with E-state index in [-0.39, 0.29) is 5.91 Å². The Morgan fingerprint density at radius 3 is 2.56 bits per heavy atom. The van der Waals surface area contributed by atoms with Gasteiger partial charge in [-0.3, -0.25) is 9.89 Å². The molecule has 1 amide bonds. The average Bonchev–Trinajstić information content (AvgIpc) is 3.37. The summed E-state index contributed by atoms with van der Waals surface area (Å²) in [5.74, 6) is 1.50. The average molecular weight is 367 g/mol. The summed E-state index contributed by atoms with van der Waals surface area (Å²) in [7, 11) is 0. The second-order valence-corrected chi connectivity index (χ2v) is 8.15. The number of aryl methyl sites for hydroxylation is 1. The van der Waals surface area contributed by atoms with Gasteiger partial charge in [-0.1, -0.05) is 30.3 Å². The lowest BCUT2D eigenvalue weighted by Gasteiger charge is -2.34.